The molecular weight excluding hydrogens is 244 g/mol. The summed E-state index contributed by atoms with van der Waals surface area (Å²) in [5, 5.41) is 2.49. The zero-order valence-corrected chi connectivity index (χ0v) is 11.3. The summed E-state index contributed by atoms with van der Waals surface area (Å²) in [6.45, 7) is 2.71. The number of aromatic nitrogens is 2. The minimum absolute atomic E-state index is 0.587. The zero-order valence-electron chi connectivity index (χ0n) is 11.3. The van der Waals surface area contributed by atoms with Crippen molar-refractivity contribution >= 4 is 27.5 Å². The maximum Gasteiger partial charge on any atom is 0.126 e. The van der Waals surface area contributed by atoms with Crippen molar-refractivity contribution in [2.24, 2.45) is 0 Å². The van der Waals surface area contributed by atoms with E-state index in [9.17, 15) is 0 Å². The van der Waals surface area contributed by atoms with E-state index in [2.05, 4.69) is 70.5 Å². The second-order valence-electron chi connectivity index (χ2n) is 5.19. The number of benzene rings is 2. The zero-order chi connectivity index (χ0) is 13.7. The van der Waals surface area contributed by atoms with Gasteiger partial charge >= 0.3 is 0 Å². The van der Waals surface area contributed by atoms with Crippen molar-refractivity contribution in [1.29, 1.82) is 0 Å². The molecule has 0 fully saturated rings. The standard InChI is InChI=1S/C18H14N2/c1-3-10-19-16-9-8-13(2)11-17(16)20-12-14-6-4-5-7-15(14)18(19)20/h1,4-9,11-12H,10H2,2H3. The van der Waals surface area contributed by atoms with Gasteiger partial charge in [-0.1, -0.05) is 36.3 Å². The van der Waals surface area contributed by atoms with E-state index in [0.29, 0.717) is 6.54 Å². The van der Waals surface area contributed by atoms with Gasteiger partial charge < -0.3 is 4.57 Å². The number of rotatable bonds is 1. The molecule has 0 unspecified atom stereocenters. The number of hydrogen-bond acceptors (Lipinski definition) is 0. The lowest BCUT2D eigenvalue weighted by atomic mass is 10.2. The van der Waals surface area contributed by atoms with Crippen LogP contribution in [0.4, 0.5) is 0 Å². The fourth-order valence-electron chi connectivity index (χ4n) is 3.02. The molecule has 0 spiro atoms. The first-order valence-electron chi connectivity index (χ1n) is 6.72. The van der Waals surface area contributed by atoms with E-state index in [4.69, 9.17) is 6.42 Å². The quantitative estimate of drug-likeness (QED) is 0.457. The Kier molecular flexibility index (Phi) is 2.19. The summed E-state index contributed by atoms with van der Waals surface area (Å²) in [6, 6.07) is 15.0. The van der Waals surface area contributed by atoms with Crippen molar-refractivity contribution in [1.82, 2.24) is 8.97 Å². The molecule has 2 nitrogen and oxygen atoms in total. The van der Waals surface area contributed by atoms with Crippen molar-refractivity contribution in [3.05, 3.63) is 54.2 Å². The third-order valence-electron chi connectivity index (χ3n) is 3.88. The summed E-state index contributed by atoms with van der Waals surface area (Å²) in [5.74, 6) is 2.77. The van der Waals surface area contributed by atoms with Crippen molar-refractivity contribution in [3.63, 3.8) is 0 Å². The lowest BCUT2D eigenvalue weighted by Gasteiger charge is -2.01. The summed E-state index contributed by atoms with van der Waals surface area (Å²) in [4.78, 5) is 0. The Bertz CT molecular complexity index is 993. The van der Waals surface area contributed by atoms with Crippen LogP contribution >= 0.6 is 0 Å². The Morgan fingerprint density at radius 1 is 1.10 bits per heavy atom. The van der Waals surface area contributed by atoms with E-state index in [-0.39, 0.29) is 0 Å². The molecule has 2 heterocycles. The van der Waals surface area contributed by atoms with Crippen LogP contribution < -0.4 is 0 Å². The van der Waals surface area contributed by atoms with Crippen molar-refractivity contribution < 1.29 is 0 Å². The third-order valence-corrected chi connectivity index (χ3v) is 3.88. The molecule has 0 saturated carbocycles. The highest BCUT2D eigenvalue weighted by Gasteiger charge is 2.13. The molecule has 0 aliphatic carbocycles. The van der Waals surface area contributed by atoms with E-state index in [0.717, 1.165) is 0 Å². The average molecular weight is 258 g/mol. The Balaban J connectivity index is 2.30. The fraction of sp³-hybridized carbons (Fsp3) is 0.111. The van der Waals surface area contributed by atoms with Gasteiger partial charge in [0.2, 0.25) is 0 Å². The summed E-state index contributed by atoms with van der Waals surface area (Å²) < 4.78 is 4.47. The predicted octanol–water partition coefficient (Wildman–Crippen LogP) is 3.99. The second kappa shape index (κ2) is 3.91. The van der Waals surface area contributed by atoms with Crippen LogP contribution in [-0.2, 0) is 6.54 Å². The fourth-order valence-corrected chi connectivity index (χ4v) is 3.02. The molecule has 0 atom stereocenters. The molecular formula is C18H14N2. The molecule has 0 aliphatic rings. The van der Waals surface area contributed by atoms with Gasteiger partial charge in [-0.25, -0.2) is 0 Å². The van der Waals surface area contributed by atoms with E-state index in [1.807, 2.05) is 0 Å². The highest BCUT2D eigenvalue weighted by Crippen LogP contribution is 2.29. The van der Waals surface area contributed by atoms with Crippen LogP contribution in [0.15, 0.2) is 48.7 Å². The highest BCUT2D eigenvalue weighted by molar-refractivity contribution is 6.01. The summed E-state index contributed by atoms with van der Waals surface area (Å²) >= 11 is 0. The van der Waals surface area contributed by atoms with Crippen LogP contribution in [0.1, 0.15) is 5.56 Å². The molecule has 0 bridgehead atoms. The number of hydrogen-bond donors (Lipinski definition) is 0. The van der Waals surface area contributed by atoms with Crippen molar-refractivity contribution in [2.75, 3.05) is 0 Å². The lowest BCUT2D eigenvalue weighted by Crippen LogP contribution is -1.94. The molecule has 2 heteroatoms. The molecule has 0 radical (unpaired) electrons. The number of fused-ring (bicyclic) bond motifs is 5. The largest absolute Gasteiger partial charge is 0.313 e. The van der Waals surface area contributed by atoms with Gasteiger partial charge in [-0.15, -0.1) is 6.42 Å². The van der Waals surface area contributed by atoms with Gasteiger partial charge in [0.1, 0.15) is 5.65 Å². The van der Waals surface area contributed by atoms with Gasteiger partial charge in [-0.2, -0.15) is 0 Å². The smallest absolute Gasteiger partial charge is 0.126 e. The molecule has 20 heavy (non-hydrogen) atoms. The summed E-state index contributed by atoms with van der Waals surface area (Å²) in [5.41, 5.74) is 4.84. The monoisotopic (exact) mass is 258 g/mol. The van der Waals surface area contributed by atoms with E-state index < -0.39 is 0 Å². The minimum Gasteiger partial charge on any atom is -0.313 e. The van der Waals surface area contributed by atoms with Gasteiger partial charge in [0.25, 0.3) is 0 Å². The van der Waals surface area contributed by atoms with Crippen LogP contribution in [-0.4, -0.2) is 8.97 Å². The SMILES string of the molecule is C#CCn1c2ccc(C)cc2n2cc3ccccc3c12. The second-order valence-corrected chi connectivity index (χ2v) is 5.19. The van der Waals surface area contributed by atoms with Crippen molar-refractivity contribution in [3.8, 4) is 12.3 Å². The topological polar surface area (TPSA) is 9.34 Å². The Labute approximate surface area is 117 Å². The van der Waals surface area contributed by atoms with Crippen LogP contribution in [0.2, 0.25) is 0 Å². The Morgan fingerprint density at radius 2 is 1.95 bits per heavy atom. The lowest BCUT2D eigenvalue weighted by molar-refractivity contribution is 0.913. The predicted molar refractivity (Wildman–Crippen MR) is 84.0 cm³/mol. The Hall–Kier alpha value is -2.66. The van der Waals surface area contributed by atoms with Crippen LogP contribution in [0, 0.1) is 19.3 Å². The first kappa shape index (κ1) is 11.2. The maximum absolute atomic E-state index is 5.56. The first-order valence-corrected chi connectivity index (χ1v) is 6.72. The van der Waals surface area contributed by atoms with E-state index in [1.165, 1.54) is 33.0 Å². The molecule has 0 saturated heterocycles. The normalized spacial score (nSPS) is 11.4. The van der Waals surface area contributed by atoms with Gasteiger partial charge in [-0.05, 0) is 24.6 Å². The molecule has 0 N–H and O–H groups in total. The summed E-state index contributed by atoms with van der Waals surface area (Å²) in [7, 11) is 0. The van der Waals surface area contributed by atoms with Gasteiger partial charge in [-0.3, -0.25) is 4.40 Å². The molecule has 96 valence electrons. The molecule has 0 aliphatic heterocycles. The number of aryl methyl sites for hydroxylation is 1. The molecule has 2 aromatic heterocycles. The maximum atomic E-state index is 5.56. The van der Waals surface area contributed by atoms with E-state index in [1.54, 1.807) is 0 Å². The highest BCUT2D eigenvalue weighted by atomic mass is 15.1. The van der Waals surface area contributed by atoms with Gasteiger partial charge in [0.15, 0.2) is 0 Å². The van der Waals surface area contributed by atoms with Crippen LogP contribution in [0.5, 0.6) is 0 Å². The average Bonchev–Trinajstić information content (AvgIpc) is 2.96. The number of terminal acetylenes is 1. The number of nitrogens with zero attached hydrogens (tertiary/aromatic N) is 2. The van der Waals surface area contributed by atoms with Gasteiger partial charge in [0, 0.05) is 17.0 Å². The molecule has 4 rings (SSSR count). The minimum atomic E-state index is 0.587. The van der Waals surface area contributed by atoms with Crippen LogP contribution in [0.25, 0.3) is 27.5 Å². The van der Waals surface area contributed by atoms with E-state index >= 15 is 0 Å². The molecule has 2 aromatic carbocycles. The third kappa shape index (κ3) is 1.35. The molecule has 0 amide bonds. The van der Waals surface area contributed by atoms with Crippen molar-refractivity contribution in [2.45, 2.75) is 13.5 Å². The molecule has 4 aromatic rings. The number of imidazole rings is 1. The van der Waals surface area contributed by atoms with Gasteiger partial charge in [0.05, 0.1) is 17.6 Å². The first-order chi connectivity index (χ1) is 9.79. The van der Waals surface area contributed by atoms with Crippen LogP contribution in [0.3, 0.4) is 0 Å². The Morgan fingerprint density at radius 3 is 2.80 bits per heavy atom. The summed E-state index contributed by atoms with van der Waals surface area (Å²) in [6.07, 6.45) is 7.76.